The molecule has 114 valence electrons. The lowest BCUT2D eigenvalue weighted by atomic mass is 10.1. The largest absolute Gasteiger partial charge is 0.399 e. The number of hydrogen-bond acceptors (Lipinski definition) is 5. The molecule has 1 aromatic rings. The fourth-order valence-corrected chi connectivity index (χ4v) is 3.70. The van der Waals surface area contributed by atoms with Gasteiger partial charge < -0.3 is 10.8 Å². The monoisotopic (exact) mass is 318 g/mol. The van der Waals surface area contributed by atoms with Crippen molar-refractivity contribution in [3.8, 4) is 0 Å². The summed E-state index contributed by atoms with van der Waals surface area (Å²) in [6.07, 6.45) is -0.658. The molecule has 1 unspecified atom stereocenters. The van der Waals surface area contributed by atoms with Gasteiger partial charge in [-0.3, -0.25) is 0 Å². The average molecular weight is 318 g/mol. The highest BCUT2D eigenvalue weighted by Crippen LogP contribution is 2.19. The van der Waals surface area contributed by atoms with Gasteiger partial charge in [-0.05, 0) is 30.2 Å². The first kappa shape index (κ1) is 17.3. The van der Waals surface area contributed by atoms with Crippen molar-refractivity contribution < 1.29 is 13.5 Å². The molecule has 0 fully saturated rings. The molecule has 7 heteroatoms. The topological polar surface area (TPSA) is 92.4 Å². The van der Waals surface area contributed by atoms with Crippen LogP contribution in [0.1, 0.15) is 13.8 Å². The third kappa shape index (κ3) is 6.60. The van der Waals surface area contributed by atoms with Crippen molar-refractivity contribution in [1.29, 1.82) is 0 Å². The van der Waals surface area contributed by atoms with Gasteiger partial charge in [-0.1, -0.05) is 13.8 Å². The molecule has 0 spiro atoms. The molecule has 0 saturated heterocycles. The van der Waals surface area contributed by atoms with Crippen LogP contribution in [0, 0.1) is 5.92 Å². The molecule has 5 nitrogen and oxygen atoms in total. The Morgan fingerprint density at radius 1 is 1.30 bits per heavy atom. The predicted octanol–water partition coefficient (Wildman–Crippen LogP) is 1.30. The Hall–Kier alpha value is -0.760. The first-order chi connectivity index (χ1) is 9.30. The van der Waals surface area contributed by atoms with E-state index in [1.54, 1.807) is 12.1 Å². The summed E-state index contributed by atoms with van der Waals surface area (Å²) in [6.45, 7) is 3.75. The summed E-state index contributed by atoms with van der Waals surface area (Å²) >= 11 is 1.46. The number of sulfonamides is 1. The normalized spacial score (nSPS) is 13.6. The Bertz CT molecular complexity index is 501. The quantitative estimate of drug-likeness (QED) is 0.496. The molecular formula is C13H22N2O3S2. The molecule has 1 atom stereocenters. The van der Waals surface area contributed by atoms with E-state index in [0.29, 0.717) is 11.4 Å². The number of nitrogens with one attached hydrogen (secondary N) is 1. The van der Waals surface area contributed by atoms with Crippen molar-refractivity contribution in [3.63, 3.8) is 0 Å². The summed E-state index contributed by atoms with van der Waals surface area (Å²) in [4.78, 5) is 0.983. The standard InChI is InChI=1S/C13H22N2O3S2/c1-10(2)13(16)9-15-20(17,18)8-7-19-12-5-3-11(14)4-6-12/h3-6,10,13,15-16H,7-9,14H2,1-2H3. The third-order valence-corrected chi connectivity index (χ3v) is 5.40. The predicted molar refractivity (Wildman–Crippen MR) is 84.2 cm³/mol. The Labute approximate surface area is 125 Å². The first-order valence-electron chi connectivity index (χ1n) is 6.44. The van der Waals surface area contributed by atoms with Gasteiger partial charge in [0.25, 0.3) is 0 Å². The van der Waals surface area contributed by atoms with Gasteiger partial charge in [-0.25, -0.2) is 13.1 Å². The van der Waals surface area contributed by atoms with Crippen molar-refractivity contribution in [3.05, 3.63) is 24.3 Å². The maximum Gasteiger partial charge on any atom is 0.212 e. The lowest BCUT2D eigenvalue weighted by molar-refractivity contribution is 0.129. The van der Waals surface area contributed by atoms with E-state index in [-0.39, 0.29) is 18.2 Å². The van der Waals surface area contributed by atoms with E-state index in [0.717, 1.165) is 4.90 Å². The number of hydrogen-bond donors (Lipinski definition) is 3. The zero-order chi connectivity index (χ0) is 15.2. The summed E-state index contributed by atoms with van der Waals surface area (Å²) in [5, 5.41) is 9.58. The second-order valence-corrected chi connectivity index (χ2v) is 7.99. The molecule has 1 rings (SSSR count). The molecule has 0 radical (unpaired) electrons. The minimum Gasteiger partial charge on any atom is -0.399 e. The van der Waals surface area contributed by atoms with Crippen LogP contribution >= 0.6 is 11.8 Å². The zero-order valence-corrected chi connectivity index (χ0v) is 13.4. The molecule has 0 aliphatic carbocycles. The minimum atomic E-state index is -3.34. The van der Waals surface area contributed by atoms with Crippen LogP contribution in [-0.2, 0) is 10.0 Å². The maximum atomic E-state index is 11.7. The number of nitrogens with two attached hydrogens (primary N) is 1. The summed E-state index contributed by atoms with van der Waals surface area (Å²) in [7, 11) is -3.34. The third-order valence-electron chi connectivity index (χ3n) is 2.78. The molecule has 4 N–H and O–H groups in total. The van der Waals surface area contributed by atoms with Gasteiger partial charge in [-0.15, -0.1) is 11.8 Å². The van der Waals surface area contributed by atoms with E-state index >= 15 is 0 Å². The molecular weight excluding hydrogens is 296 g/mol. The molecule has 0 bridgehead atoms. The molecule has 0 aliphatic rings. The second-order valence-electron chi connectivity index (χ2n) is 4.90. The van der Waals surface area contributed by atoms with E-state index in [1.807, 2.05) is 26.0 Å². The highest BCUT2D eigenvalue weighted by Gasteiger charge is 2.15. The fraction of sp³-hybridized carbons (Fsp3) is 0.538. The van der Waals surface area contributed by atoms with Gasteiger partial charge in [0.05, 0.1) is 11.9 Å². The van der Waals surface area contributed by atoms with Crippen LogP contribution in [0.2, 0.25) is 0 Å². The summed E-state index contributed by atoms with van der Waals surface area (Å²) in [6, 6.07) is 7.30. The van der Waals surface area contributed by atoms with Crippen LogP contribution in [0.15, 0.2) is 29.2 Å². The van der Waals surface area contributed by atoms with Crippen LogP contribution in [0.3, 0.4) is 0 Å². The van der Waals surface area contributed by atoms with Crippen LogP contribution in [0.4, 0.5) is 5.69 Å². The smallest absolute Gasteiger partial charge is 0.212 e. The van der Waals surface area contributed by atoms with Gasteiger partial charge in [0.1, 0.15) is 0 Å². The van der Waals surface area contributed by atoms with Crippen LogP contribution in [-0.4, -0.2) is 37.7 Å². The maximum absolute atomic E-state index is 11.7. The molecule has 0 aliphatic heterocycles. The van der Waals surface area contributed by atoms with E-state index < -0.39 is 16.1 Å². The van der Waals surface area contributed by atoms with Crippen molar-refractivity contribution in [2.45, 2.75) is 24.8 Å². The van der Waals surface area contributed by atoms with Gasteiger partial charge in [-0.2, -0.15) is 0 Å². The molecule has 0 aromatic heterocycles. The van der Waals surface area contributed by atoms with Crippen LogP contribution in [0.25, 0.3) is 0 Å². The fourth-order valence-electron chi connectivity index (χ4n) is 1.35. The van der Waals surface area contributed by atoms with Gasteiger partial charge in [0.15, 0.2) is 0 Å². The molecule has 0 amide bonds. The Kier molecular flexibility index (Phi) is 6.81. The Balaban J connectivity index is 2.34. The first-order valence-corrected chi connectivity index (χ1v) is 9.07. The zero-order valence-electron chi connectivity index (χ0n) is 11.7. The minimum absolute atomic E-state index is 0.0207. The SMILES string of the molecule is CC(C)C(O)CNS(=O)(=O)CCSc1ccc(N)cc1. The second kappa shape index (κ2) is 7.87. The van der Waals surface area contributed by atoms with Crippen LogP contribution in [0.5, 0.6) is 0 Å². The number of aliphatic hydroxyl groups excluding tert-OH is 1. The van der Waals surface area contributed by atoms with Crippen molar-refractivity contribution in [2.24, 2.45) is 5.92 Å². The average Bonchev–Trinajstić information content (AvgIpc) is 2.38. The number of aliphatic hydroxyl groups is 1. The Morgan fingerprint density at radius 2 is 1.90 bits per heavy atom. The van der Waals surface area contributed by atoms with Crippen molar-refractivity contribution >= 4 is 27.5 Å². The highest BCUT2D eigenvalue weighted by molar-refractivity contribution is 8.00. The molecule has 0 heterocycles. The van der Waals surface area contributed by atoms with E-state index in [9.17, 15) is 13.5 Å². The number of anilines is 1. The summed E-state index contributed by atoms with van der Waals surface area (Å²) in [5.41, 5.74) is 6.26. The van der Waals surface area contributed by atoms with Crippen molar-refractivity contribution in [1.82, 2.24) is 4.72 Å². The number of thioether (sulfide) groups is 1. The van der Waals surface area contributed by atoms with Crippen molar-refractivity contribution in [2.75, 3.05) is 23.8 Å². The van der Waals surface area contributed by atoms with E-state index in [2.05, 4.69) is 4.72 Å². The molecule has 20 heavy (non-hydrogen) atoms. The Morgan fingerprint density at radius 3 is 2.45 bits per heavy atom. The number of benzene rings is 1. The summed E-state index contributed by atoms with van der Waals surface area (Å²) in [5.74, 6) is 0.506. The van der Waals surface area contributed by atoms with Gasteiger partial charge in [0.2, 0.25) is 10.0 Å². The van der Waals surface area contributed by atoms with Crippen LogP contribution < -0.4 is 10.5 Å². The highest BCUT2D eigenvalue weighted by atomic mass is 32.2. The summed E-state index contributed by atoms with van der Waals surface area (Å²) < 4.78 is 25.9. The van der Waals surface area contributed by atoms with E-state index in [1.165, 1.54) is 11.8 Å². The van der Waals surface area contributed by atoms with Gasteiger partial charge >= 0.3 is 0 Å². The van der Waals surface area contributed by atoms with Gasteiger partial charge in [0, 0.05) is 22.9 Å². The lowest BCUT2D eigenvalue weighted by Crippen LogP contribution is -2.36. The number of rotatable bonds is 8. The molecule has 1 aromatic carbocycles. The lowest BCUT2D eigenvalue weighted by Gasteiger charge is -2.15. The van der Waals surface area contributed by atoms with E-state index in [4.69, 9.17) is 5.73 Å². The number of nitrogen functional groups attached to an aromatic ring is 1. The molecule has 0 saturated carbocycles.